The molecule has 3 heterocycles. The Hall–Kier alpha value is -3.33. The van der Waals surface area contributed by atoms with Crippen LogP contribution < -0.4 is 5.32 Å². The highest BCUT2D eigenvalue weighted by molar-refractivity contribution is 6.83. The first-order chi connectivity index (χ1) is 16.5. The summed E-state index contributed by atoms with van der Waals surface area (Å²) in [5, 5.41) is 20.2. The largest absolute Gasteiger partial charge is 0.376 e. The molecular formula is C23H21ClF2N6O2Si. The van der Waals surface area contributed by atoms with Crippen molar-refractivity contribution in [2.75, 3.05) is 5.32 Å². The van der Waals surface area contributed by atoms with E-state index < -0.39 is 38.0 Å². The summed E-state index contributed by atoms with van der Waals surface area (Å²) < 4.78 is 30.2. The van der Waals surface area contributed by atoms with E-state index in [0.717, 1.165) is 0 Å². The summed E-state index contributed by atoms with van der Waals surface area (Å²) >= 11 is 6.46. The number of carbonyl (C=O) groups is 1. The van der Waals surface area contributed by atoms with E-state index in [0.29, 0.717) is 16.7 Å². The fourth-order valence-electron chi connectivity index (χ4n) is 3.74. The minimum atomic E-state index is -1.81. The normalized spacial score (nSPS) is 18.4. The number of anilines is 1. The van der Waals surface area contributed by atoms with Crippen LogP contribution in [0.5, 0.6) is 0 Å². The number of alkyl halides is 1. The Morgan fingerprint density at radius 1 is 1.37 bits per heavy atom. The van der Waals surface area contributed by atoms with E-state index in [9.17, 15) is 14.3 Å². The Bertz CT molecular complexity index is 1550. The lowest BCUT2D eigenvalue weighted by Gasteiger charge is -2.14. The average Bonchev–Trinajstić information content (AvgIpc) is 3.16. The summed E-state index contributed by atoms with van der Waals surface area (Å²) in [4.78, 5) is 20.7. The fourth-order valence-corrected chi connectivity index (χ4v) is 4.61. The summed E-state index contributed by atoms with van der Waals surface area (Å²) in [5.74, 6) is 1.10. The predicted molar refractivity (Wildman–Crippen MR) is 131 cm³/mol. The van der Waals surface area contributed by atoms with Crippen LogP contribution in [0.1, 0.15) is 18.1 Å². The average molecular weight is 515 g/mol. The lowest BCUT2D eigenvalue weighted by atomic mass is 9.99. The van der Waals surface area contributed by atoms with Crippen molar-refractivity contribution < 1.29 is 18.7 Å². The lowest BCUT2D eigenvalue weighted by molar-refractivity contribution is -0.117. The summed E-state index contributed by atoms with van der Waals surface area (Å²) in [7, 11) is -1.81. The van der Waals surface area contributed by atoms with Crippen LogP contribution in [0, 0.1) is 23.2 Å². The molecule has 5 rings (SSSR count). The quantitative estimate of drug-likeness (QED) is 0.278. The van der Waals surface area contributed by atoms with E-state index >= 15 is 4.39 Å². The molecule has 0 radical (unpaired) electrons. The second-order valence-corrected chi connectivity index (χ2v) is 14.6. The van der Waals surface area contributed by atoms with Crippen LogP contribution in [0.15, 0.2) is 24.8 Å². The number of aromatic amines is 1. The number of fused-ring (bicyclic) bond motifs is 2. The van der Waals surface area contributed by atoms with Gasteiger partial charge in [0.05, 0.1) is 46.3 Å². The first-order valence-corrected chi connectivity index (χ1v) is 14.8. The molecule has 0 aliphatic heterocycles. The van der Waals surface area contributed by atoms with E-state index in [1.54, 1.807) is 16.8 Å². The number of rotatable bonds is 4. The van der Waals surface area contributed by atoms with Crippen molar-refractivity contribution in [1.29, 1.82) is 0 Å². The summed E-state index contributed by atoms with van der Waals surface area (Å²) in [6, 6.07) is 0. The number of benzene rings is 1. The van der Waals surface area contributed by atoms with E-state index in [-0.39, 0.29) is 33.9 Å². The molecule has 12 heteroatoms. The van der Waals surface area contributed by atoms with E-state index in [1.807, 2.05) is 19.6 Å². The maximum absolute atomic E-state index is 15.5. The van der Waals surface area contributed by atoms with Gasteiger partial charge in [-0.3, -0.25) is 14.9 Å². The number of nitrogens with one attached hydrogen (secondary N) is 2. The molecule has 0 spiro atoms. The molecule has 1 fully saturated rings. The molecule has 180 valence electrons. The molecule has 3 unspecified atom stereocenters. The zero-order valence-corrected chi connectivity index (χ0v) is 20.8. The Morgan fingerprint density at radius 2 is 2.11 bits per heavy atom. The minimum Gasteiger partial charge on any atom is -0.376 e. The van der Waals surface area contributed by atoms with Crippen LogP contribution in [-0.2, 0) is 4.79 Å². The molecule has 3 aromatic heterocycles. The fraction of sp³-hybridized carbons (Fsp3) is 0.304. The van der Waals surface area contributed by atoms with E-state index in [1.165, 1.54) is 12.4 Å². The van der Waals surface area contributed by atoms with Crippen molar-refractivity contribution in [3.8, 4) is 22.7 Å². The molecule has 0 bridgehead atoms. The van der Waals surface area contributed by atoms with E-state index in [4.69, 9.17) is 11.6 Å². The zero-order chi connectivity index (χ0) is 25.1. The Labute approximate surface area is 204 Å². The van der Waals surface area contributed by atoms with Gasteiger partial charge < -0.3 is 14.8 Å². The van der Waals surface area contributed by atoms with Crippen LogP contribution in [0.2, 0.25) is 24.7 Å². The van der Waals surface area contributed by atoms with Gasteiger partial charge in [-0.1, -0.05) is 37.2 Å². The molecule has 0 saturated heterocycles. The summed E-state index contributed by atoms with van der Waals surface area (Å²) in [5.41, 5.74) is 4.26. The molecule has 3 N–H and O–H groups in total. The number of imidazole rings is 1. The van der Waals surface area contributed by atoms with Gasteiger partial charge in [-0.05, 0) is 6.42 Å². The van der Waals surface area contributed by atoms with Crippen LogP contribution in [0.25, 0.3) is 27.8 Å². The Balaban J connectivity index is 1.56. The maximum Gasteiger partial charge on any atom is 0.231 e. The topological polar surface area (TPSA) is 108 Å². The van der Waals surface area contributed by atoms with Gasteiger partial charge >= 0.3 is 0 Å². The zero-order valence-electron chi connectivity index (χ0n) is 19.0. The number of H-pyrrole nitrogens is 1. The third-order valence-corrected chi connectivity index (χ3v) is 6.83. The molecule has 35 heavy (non-hydrogen) atoms. The highest BCUT2D eigenvalue weighted by Gasteiger charge is 2.43. The first kappa shape index (κ1) is 23.4. The molecule has 1 aliphatic rings. The van der Waals surface area contributed by atoms with Gasteiger partial charge in [0, 0.05) is 17.1 Å². The molecule has 1 aromatic carbocycles. The van der Waals surface area contributed by atoms with Crippen molar-refractivity contribution in [3.05, 3.63) is 41.2 Å². The van der Waals surface area contributed by atoms with Gasteiger partial charge in [0.2, 0.25) is 5.91 Å². The third-order valence-electron chi connectivity index (χ3n) is 5.58. The molecular weight excluding hydrogens is 494 g/mol. The number of carbonyl (C=O) groups excluding carboxylic acids is 1. The molecule has 4 aromatic rings. The highest BCUT2D eigenvalue weighted by atomic mass is 35.5. The standard InChI is InChI=1S/C23H21ClF2N6O2Si/c1-35(2,3)5-4-15(33)19-21(26)20(24)18(12-7-28-31-22(12)19)14-9-32-10-16(29-17(32)8-27-14)30-23(34)11-6-13(11)25/h7-11,13,15,33H,6H2,1-3H3,(H,28,31)(H,30,34). The molecule has 1 aliphatic carbocycles. The number of aromatic nitrogens is 5. The first-order valence-electron chi connectivity index (χ1n) is 10.9. The predicted octanol–water partition coefficient (Wildman–Crippen LogP) is 4.28. The van der Waals surface area contributed by atoms with Gasteiger partial charge in [0.1, 0.15) is 20.3 Å². The number of amides is 1. The van der Waals surface area contributed by atoms with Gasteiger partial charge in [-0.15, -0.1) is 5.54 Å². The summed E-state index contributed by atoms with van der Waals surface area (Å²) in [6.07, 6.45) is 3.77. The summed E-state index contributed by atoms with van der Waals surface area (Å²) in [6.45, 7) is 6.05. The number of aliphatic hydroxyl groups excluding tert-OH is 1. The minimum absolute atomic E-state index is 0.0723. The Kier molecular flexibility index (Phi) is 5.62. The lowest BCUT2D eigenvalue weighted by Crippen LogP contribution is -2.17. The number of aliphatic hydroxyl groups is 1. The van der Waals surface area contributed by atoms with Crippen molar-refractivity contribution in [1.82, 2.24) is 24.6 Å². The van der Waals surface area contributed by atoms with E-state index in [2.05, 4.69) is 36.9 Å². The third kappa shape index (κ3) is 4.40. The van der Waals surface area contributed by atoms with Crippen molar-refractivity contribution >= 4 is 47.9 Å². The van der Waals surface area contributed by atoms with Gasteiger partial charge in [-0.2, -0.15) is 5.10 Å². The van der Waals surface area contributed by atoms with Gasteiger partial charge in [0.25, 0.3) is 0 Å². The molecule has 1 amide bonds. The number of hydrogen-bond acceptors (Lipinski definition) is 5. The van der Waals surface area contributed by atoms with Crippen LogP contribution >= 0.6 is 11.6 Å². The molecule has 1 saturated carbocycles. The molecule has 3 atom stereocenters. The van der Waals surface area contributed by atoms with Crippen molar-refractivity contribution in [2.24, 2.45) is 5.92 Å². The highest BCUT2D eigenvalue weighted by Crippen LogP contribution is 2.40. The van der Waals surface area contributed by atoms with Gasteiger partial charge in [-0.25, -0.2) is 13.8 Å². The number of halogens is 3. The van der Waals surface area contributed by atoms with Crippen molar-refractivity contribution in [2.45, 2.75) is 38.3 Å². The monoisotopic (exact) mass is 514 g/mol. The van der Waals surface area contributed by atoms with Crippen LogP contribution in [-0.4, -0.2) is 49.8 Å². The smallest absolute Gasteiger partial charge is 0.231 e. The SMILES string of the molecule is C[Si](C)(C)C#CC(O)c1c(F)c(Cl)c(-c2cn3cc(NC(=O)C4CC4F)nc3cn2)c2cn[nH]c12. The van der Waals surface area contributed by atoms with Crippen molar-refractivity contribution in [3.63, 3.8) is 0 Å². The van der Waals surface area contributed by atoms with Gasteiger partial charge in [0.15, 0.2) is 17.3 Å². The number of nitrogens with zero attached hydrogens (tertiary/aromatic N) is 4. The second-order valence-electron chi connectivity index (χ2n) is 9.51. The molecule has 8 nitrogen and oxygen atoms in total. The number of hydrogen-bond donors (Lipinski definition) is 3. The van der Waals surface area contributed by atoms with Crippen LogP contribution in [0.3, 0.4) is 0 Å². The Morgan fingerprint density at radius 3 is 2.80 bits per heavy atom. The van der Waals surface area contributed by atoms with Crippen LogP contribution in [0.4, 0.5) is 14.6 Å². The maximum atomic E-state index is 15.5. The second kappa shape index (κ2) is 8.41.